The second-order valence-corrected chi connectivity index (χ2v) is 3.95. The third kappa shape index (κ3) is 2.74. The fourth-order valence-corrected chi connectivity index (χ4v) is 1.62. The molecule has 2 aromatic carbocycles. The predicted octanol–water partition coefficient (Wildman–Crippen LogP) is 3.50. The number of nitrogens with one attached hydrogen (secondary N) is 1. The van der Waals surface area contributed by atoms with Crippen molar-refractivity contribution in [2.45, 2.75) is 6.92 Å². The number of anilines is 2. The lowest BCUT2D eigenvalue weighted by atomic mass is 10.1. The molecule has 0 aliphatic carbocycles. The standard InChI is InChI=1S/C15H12N2O/c1-11(18)13-5-7-14(8-6-13)17-15-4-2-3-12(9-15)10-16/h2-9,17H,1H3. The van der Waals surface area contributed by atoms with Crippen LogP contribution in [-0.4, -0.2) is 5.78 Å². The smallest absolute Gasteiger partial charge is 0.159 e. The van der Waals surface area contributed by atoms with E-state index in [-0.39, 0.29) is 5.78 Å². The van der Waals surface area contributed by atoms with E-state index < -0.39 is 0 Å². The van der Waals surface area contributed by atoms with Crippen LogP contribution >= 0.6 is 0 Å². The van der Waals surface area contributed by atoms with E-state index >= 15 is 0 Å². The van der Waals surface area contributed by atoms with Gasteiger partial charge in [0.05, 0.1) is 11.6 Å². The maximum absolute atomic E-state index is 11.1. The van der Waals surface area contributed by atoms with E-state index in [2.05, 4.69) is 11.4 Å². The number of nitriles is 1. The Kier molecular flexibility index (Phi) is 3.40. The van der Waals surface area contributed by atoms with Gasteiger partial charge in [-0.15, -0.1) is 0 Å². The van der Waals surface area contributed by atoms with Crippen LogP contribution < -0.4 is 5.32 Å². The summed E-state index contributed by atoms with van der Waals surface area (Å²) in [6.07, 6.45) is 0. The summed E-state index contributed by atoms with van der Waals surface area (Å²) in [5.41, 5.74) is 3.03. The largest absolute Gasteiger partial charge is 0.355 e. The molecule has 1 N–H and O–H groups in total. The number of benzene rings is 2. The average molecular weight is 236 g/mol. The molecule has 0 saturated heterocycles. The van der Waals surface area contributed by atoms with E-state index in [0.29, 0.717) is 11.1 Å². The second-order valence-electron chi connectivity index (χ2n) is 3.95. The van der Waals surface area contributed by atoms with E-state index in [1.54, 1.807) is 31.2 Å². The maximum atomic E-state index is 11.1. The molecule has 2 rings (SSSR count). The molecule has 0 aliphatic heterocycles. The van der Waals surface area contributed by atoms with Crippen LogP contribution in [0.25, 0.3) is 0 Å². The molecule has 0 saturated carbocycles. The van der Waals surface area contributed by atoms with Gasteiger partial charge in [0.15, 0.2) is 5.78 Å². The summed E-state index contributed by atoms with van der Waals surface area (Å²) in [4.78, 5) is 11.1. The summed E-state index contributed by atoms with van der Waals surface area (Å²) in [6, 6.07) is 16.6. The molecule has 2 aromatic rings. The summed E-state index contributed by atoms with van der Waals surface area (Å²) < 4.78 is 0. The van der Waals surface area contributed by atoms with Gasteiger partial charge in [-0.05, 0) is 49.4 Å². The summed E-state index contributed by atoms with van der Waals surface area (Å²) in [5, 5.41) is 12.0. The first-order valence-corrected chi connectivity index (χ1v) is 5.57. The van der Waals surface area contributed by atoms with Crippen molar-refractivity contribution in [1.29, 1.82) is 5.26 Å². The van der Waals surface area contributed by atoms with Crippen molar-refractivity contribution in [3.8, 4) is 6.07 Å². The fraction of sp³-hybridized carbons (Fsp3) is 0.0667. The molecule has 0 spiro atoms. The molecule has 0 aliphatic rings. The highest BCUT2D eigenvalue weighted by Crippen LogP contribution is 2.18. The number of rotatable bonds is 3. The highest BCUT2D eigenvalue weighted by atomic mass is 16.1. The third-order valence-electron chi connectivity index (χ3n) is 2.57. The van der Waals surface area contributed by atoms with Crippen molar-refractivity contribution in [2.24, 2.45) is 0 Å². The van der Waals surface area contributed by atoms with Gasteiger partial charge in [-0.2, -0.15) is 5.26 Å². The van der Waals surface area contributed by atoms with Crippen molar-refractivity contribution >= 4 is 17.2 Å². The first-order valence-electron chi connectivity index (χ1n) is 5.57. The Balaban J connectivity index is 2.18. The van der Waals surface area contributed by atoms with Crippen molar-refractivity contribution in [1.82, 2.24) is 0 Å². The van der Waals surface area contributed by atoms with Crippen LogP contribution in [0.2, 0.25) is 0 Å². The number of hydrogen-bond acceptors (Lipinski definition) is 3. The Morgan fingerprint density at radius 1 is 1.11 bits per heavy atom. The fourth-order valence-electron chi connectivity index (χ4n) is 1.62. The van der Waals surface area contributed by atoms with Gasteiger partial charge in [-0.1, -0.05) is 6.07 Å². The van der Waals surface area contributed by atoms with Crippen LogP contribution in [0.4, 0.5) is 11.4 Å². The number of ketones is 1. The number of Topliss-reactive ketones (excluding diaryl/α,β-unsaturated/α-hetero) is 1. The molecule has 0 aromatic heterocycles. The zero-order valence-electron chi connectivity index (χ0n) is 9.97. The van der Waals surface area contributed by atoms with Gasteiger partial charge >= 0.3 is 0 Å². The summed E-state index contributed by atoms with van der Waals surface area (Å²) in [6.45, 7) is 1.54. The summed E-state index contributed by atoms with van der Waals surface area (Å²) in [5.74, 6) is 0.0491. The molecule has 0 radical (unpaired) electrons. The van der Waals surface area contributed by atoms with Gasteiger partial charge in [-0.25, -0.2) is 0 Å². The van der Waals surface area contributed by atoms with Crippen LogP contribution in [0.1, 0.15) is 22.8 Å². The third-order valence-corrected chi connectivity index (χ3v) is 2.57. The monoisotopic (exact) mass is 236 g/mol. The Morgan fingerprint density at radius 2 is 1.83 bits per heavy atom. The Hall–Kier alpha value is -2.60. The van der Waals surface area contributed by atoms with Crippen LogP contribution in [0.5, 0.6) is 0 Å². The Bertz CT molecular complexity index is 609. The lowest BCUT2D eigenvalue weighted by Crippen LogP contribution is -1.94. The normalized spacial score (nSPS) is 9.56. The molecule has 88 valence electrons. The minimum atomic E-state index is 0.0491. The van der Waals surface area contributed by atoms with Crippen LogP contribution in [-0.2, 0) is 0 Å². The number of carbonyl (C=O) groups excluding carboxylic acids is 1. The van der Waals surface area contributed by atoms with Gasteiger partial charge in [0.1, 0.15) is 0 Å². The van der Waals surface area contributed by atoms with Gasteiger partial charge in [-0.3, -0.25) is 4.79 Å². The molecule has 0 amide bonds. The summed E-state index contributed by atoms with van der Waals surface area (Å²) in [7, 11) is 0. The number of carbonyl (C=O) groups is 1. The zero-order valence-corrected chi connectivity index (χ0v) is 9.97. The van der Waals surface area contributed by atoms with Crippen molar-refractivity contribution in [2.75, 3.05) is 5.32 Å². The highest BCUT2D eigenvalue weighted by molar-refractivity contribution is 5.94. The topological polar surface area (TPSA) is 52.9 Å². The zero-order chi connectivity index (χ0) is 13.0. The van der Waals surface area contributed by atoms with Crippen LogP contribution in [0.15, 0.2) is 48.5 Å². The molecule has 0 bridgehead atoms. The molecular formula is C15H12N2O. The number of hydrogen-bond donors (Lipinski definition) is 1. The van der Waals surface area contributed by atoms with Crippen molar-refractivity contribution < 1.29 is 4.79 Å². The van der Waals surface area contributed by atoms with Crippen molar-refractivity contribution in [3.05, 3.63) is 59.7 Å². The first-order chi connectivity index (χ1) is 8.69. The van der Waals surface area contributed by atoms with Gasteiger partial charge in [0, 0.05) is 16.9 Å². The van der Waals surface area contributed by atoms with E-state index in [0.717, 1.165) is 11.4 Å². The predicted molar refractivity (Wildman–Crippen MR) is 70.9 cm³/mol. The lowest BCUT2D eigenvalue weighted by Gasteiger charge is -2.07. The van der Waals surface area contributed by atoms with E-state index in [9.17, 15) is 4.79 Å². The minimum absolute atomic E-state index is 0.0491. The van der Waals surface area contributed by atoms with Gasteiger partial charge in [0.2, 0.25) is 0 Å². The van der Waals surface area contributed by atoms with E-state index in [1.807, 2.05) is 24.3 Å². The van der Waals surface area contributed by atoms with E-state index in [4.69, 9.17) is 5.26 Å². The quantitative estimate of drug-likeness (QED) is 0.830. The Morgan fingerprint density at radius 3 is 2.44 bits per heavy atom. The molecular weight excluding hydrogens is 224 g/mol. The van der Waals surface area contributed by atoms with E-state index in [1.165, 1.54) is 0 Å². The number of nitrogens with zero attached hydrogens (tertiary/aromatic N) is 1. The minimum Gasteiger partial charge on any atom is -0.355 e. The Labute approximate surface area is 106 Å². The average Bonchev–Trinajstić information content (AvgIpc) is 2.39. The van der Waals surface area contributed by atoms with Crippen molar-refractivity contribution in [3.63, 3.8) is 0 Å². The second kappa shape index (κ2) is 5.15. The highest BCUT2D eigenvalue weighted by Gasteiger charge is 2.00. The molecule has 0 unspecified atom stereocenters. The van der Waals surface area contributed by atoms with Crippen LogP contribution in [0, 0.1) is 11.3 Å². The molecule has 0 atom stereocenters. The first kappa shape index (κ1) is 11.9. The molecule has 18 heavy (non-hydrogen) atoms. The maximum Gasteiger partial charge on any atom is 0.159 e. The molecule has 0 fully saturated rings. The summed E-state index contributed by atoms with van der Waals surface area (Å²) >= 11 is 0. The molecule has 0 heterocycles. The van der Waals surface area contributed by atoms with Gasteiger partial charge in [0.25, 0.3) is 0 Å². The lowest BCUT2D eigenvalue weighted by molar-refractivity contribution is 0.101. The van der Waals surface area contributed by atoms with Crippen LogP contribution in [0.3, 0.4) is 0 Å². The SMILES string of the molecule is CC(=O)c1ccc(Nc2cccc(C#N)c2)cc1. The molecule has 3 nitrogen and oxygen atoms in total. The van der Waals surface area contributed by atoms with Gasteiger partial charge < -0.3 is 5.32 Å². The molecule has 3 heteroatoms.